The third-order valence-electron chi connectivity index (χ3n) is 5.03. The fraction of sp³-hybridized carbons (Fsp3) is 0.227. The zero-order valence-electron chi connectivity index (χ0n) is 15.4. The molecule has 1 fully saturated rings. The lowest BCUT2D eigenvalue weighted by atomic mass is 9.98. The van der Waals surface area contributed by atoms with Gasteiger partial charge in [0.2, 0.25) is 11.8 Å². The second-order valence-electron chi connectivity index (χ2n) is 6.85. The summed E-state index contributed by atoms with van der Waals surface area (Å²) >= 11 is 0. The monoisotopic (exact) mass is 375 g/mol. The molecule has 1 saturated heterocycles. The van der Waals surface area contributed by atoms with E-state index in [9.17, 15) is 9.59 Å². The molecule has 4 rings (SSSR count). The average Bonchev–Trinajstić information content (AvgIpc) is 2.74. The van der Waals surface area contributed by atoms with Crippen molar-refractivity contribution in [3.8, 4) is 11.1 Å². The maximum Gasteiger partial charge on any atom is 0.248 e. The van der Waals surface area contributed by atoms with Crippen LogP contribution in [0.15, 0.2) is 54.9 Å². The molecule has 28 heavy (non-hydrogen) atoms. The van der Waals surface area contributed by atoms with E-state index in [1.165, 1.54) is 0 Å². The van der Waals surface area contributed by atoms with Gasteiger partial charge in [-0.2, -0.15) is 0 Å². The maximum absolute atomic E-state index is 12.4. The SMILES string of the molecule is NC(=O)c1ccc2cncc(-c3ccc(CC(=O)N4CCOCC4)cc3)c2c1. The van der Waals surface area contributed by atoms with Gasteiger partial charge in [0.1, 0.15) is 0 Å². The summed E-state index contributed by atoms with van der Waals surface area (Å²) in [7, 11) is 0. The van der Waals surface area contributed by atoms with Crippen molar-refractivity contribution in [2.24, 2.45) is 5.73 Å². The first-order valence-electron chi connectivity index (χ1n) is 9.24. The smallest absolute Gasteiger partial charge is 0.248 e. The standard InChI is InChI=1S/C22H21N3O3/c23-22(27)17-5-6-18-13-24-14-20(19(18)12-17)16-3-1-15(2-4-16)11-21(26)25-7-9-28-10-8-25/h1-6,12-14H,7-11H2,(H2,23,27). The first kappa shape index (κ1) is 18.1. The number of amides is 2. The Bertz CT molecular complexity index is 1020. The largest absolute Gasteiger partial charge is 0.378 e. The van der Waals surface area contributed by atoms with E-state index in [-0.39, 0.29) is 5.91 Å². The van der Waals surface area contributed by atoms with Crippen LogP contribution in [0.3, 0.4) is 0 Å². The Balaban J connectivity index is 1.59. The highest BCUT2D eigenvalue weighted by atomic mass is 16.5. The van der Waals surface area contributed by atoms with Gasteiger partial charge >= 0.3 is 0 Å². The molecule has 2 N–H and O–H groups in total. The Morgan fingerprint density at radius 2 is 1.79 bits per heavy atom. The molecule has 3 aromatic rings. The first-order valence-corrected chi connectivity index (χ1v) is 9.24. The second-order valence-corrected chi connectivity index (χ2v) is 6.85. The van der Waals surface area contributed by atoms with Crippen LogP contribution in [-0.4, -0.2) is 48.0 Å². The van der Waals surface area contributed by atoms with Crippen LogP contribution in [0, 0.1) is 0 Å². The van der Waals surface area contributed by atoms with Gasteiger partial charge in [0, 0.05) is 42.0 Å². The molecule has 2 amide bonds. The van der Waals surface area contributed by atoms with E-state index in [1.807, 2.05) is 35.2 Å². The van der Waals surface area contributed by atoms with Crippen molar-refractivity contribution in [2.75, 3.05) is 26.3 Å². The van der Waals surface area contributed by atoms with Crippen molar-refractivity contribution in [3.63, 3.8) is 0 Å². The van der Waals surface area contributed by atoms with Crippen LogP contribution in [0.4, 0.5) is 0 Å². The summed E-state index contributed by atoms with van der Waals surface area (Å²) in [6.45, 7) is 2.51. The van der Waals surface area contributed by atoms with Crippen LogP contribution in [0.2, 0.25) is 0 Å². The molecule has 1 aliphatic rings. The van der Waals surface area contributed by atoms with E-state index in [1.54, 1.807) is 24.5 Å². The number of primary amides is 1. The number of rotatable bonds is 4. The summed E-state index contributed by atoms with van der Waals surface area (Å²) in [5.74, 6) is -0.337. The minimum atomic E-state index is -0.457. The fourth-order valence-electron chi connectivity index (χ4n) is 3.45. The molecular formula is C22H21N3O3. The predicted molar refractivity (Wildman–Crippen MR) is 107 cm³/mol. The number of hydrogen-bond acceptors (Lipinski definition) is 4. The molecule has 0 aliphatic carbocycles. The fourth-order valence-corrected chi connectivity index (χ4v) is 3.45. The number of morpholine rings is 1. The van der Waals surface area contributed by atoms with Gasteiger partial charge in [0.05, 0.1) is 19.6 Å². The Labute approximate surface area is 162 Å². The molecule has 0 saturated carbocycles. The molecule has 6 heteroatoms. The Hall–Kier alpha value is -3.25. The van der Waals surface area contributed by atoms with E-state index >= 15 is 0 Å². The number of ether oxygens (including phenoxy) is 1. The van der Waals surface area contributed by atoms with Gasteiger partial charge in [0.15, 0.2) is 0 Å². The number of carbonyl (C=O) groups excluding carboxylic acids is 2. The Kier molecular flexibility index (Phi) is 5.04. The van der Waals surface area contributed by atoms with Crippen LogP contribution in [0.5, 0.6) is 0 Å². The molecule has 0 unspecified atom stereocenters. The van der Waals surface area contributed by atoms with Gasteiger partial charge in [-0.05, 0) is 28.6 Å². The number of nitrogens with zero attached hydrogens (tertiary/aromatic N) is 2. The quantitative estimate of drug-likeness (QED) is 0.759. The second kappa shape index (κ2) is 7.78. The van der Waals surface area contributed by atoms with Crippen molar-refractivity contribution in [1.29, 1.82) is 0 Å². The highest BCUT2D eigenvalue weighted by molar-refractivity contribution is 6.02. The van der Waals surface area contributed by atoms with Crippen molar-refractivity contribution in [3.05, 3.63) is 66.0 Å². The molecule has 0 spiro atoms. The number of fused-ring (bicyclic) bond motifs is 1. The summed E-state index contributed by atoms with van der Waals surface area (Å²) in [6, 6.07) is 13.2. The normalized spacial score (nSPS) is 14.2. The number of pyridine rings is 1. The summed E-state index contributed by atoms with van der Waals surface area (Å²) in [5.41, 5.74) is 8.75. The minimum absolute atomic E-state index is 0.119. The average molecular weight is 375 g/mol. The lowest BCUT2D eigenvalue weighted by molar-refractivity contribution is -0.134. The number of nitrogens with two attached hydrogens (primary N) is 1. The van der Waals surface area contributed by atoms with E-state index in [4.69, 9.17) is 10.5 Å². The predicted octanol–water partition coefficient (Wildman–Crippen LogP) is 2.40. The maximum atomic E-state index is 12.4. The minimum Gasteiger partial charge on any atom is -0.378 e. The summed E-state index contributed by atoms with van der Waals surface area (Å²) in [5, 5.41) is 1.86. The van der Waals surface area contributed by atoms with E-state index in [2.05, 4.69) is 4.98 Å². The number of aromatic nitrogens is 1. The lowest BCUT2D eigenvalue weighted by Gasteiger charge is -2.26. The third-order valence-corrected chi connectivity index (χ3v) is 5.03. The van der Waals surface area contributed by atoms with Crippen LogP contribution in [0.25, 0.3) is 21.9 Å². The molecule has 6 nitrogen and oxygen atoms in total. The molecule has 142 valence electrons. The van der Waals surface area contributed by atoms with E-state index in [0.717, 1.165) is 27.5 Å². The molecule has 1 aliphatic heterocycles. The highest BCUT2D eigenvalue weighted by Crippen LogP contribution is 2.28. The Morgan fingerprint density at radius 1 is 1.04 bits per heavy atom. The van der Waals surface area contributed by atoms with Crippen LogP contribution < -0.4 is 5.73 Å². The topological polar surface area (TPSA) is 85.5 Å². The van der Waals surface area contributed by atoms with Gasteiger partial charge < -0.3 is 15.4 Å². The van der Waals surface area contributed by atoms with Gasteiger partial charge in [-0.3, -0.25) is 14.6 Å². The lowest BCUT2D eigenvalue weighted by Crippen LogP contribution is -2.41. The number of hydrogen-bond donors (Lipinski definition) is 1. The molecule has 2 aromatic carbocycles. The van der Waals surface area contributed by atoms with Gasteiger partial charge in [-0.15, -0.1) is 0 Å². The summed E-state index contributed by atoms with van der Waals surface area (Å²) in [6.07, 6.45) is 3.92. The molecule has 1 aromatic heterocycles. The molecule has 2 heterocycles. The third kappa shape index (κ3) is 3.73. The zero-order chi connectivity index (χ0) is 19.5. The molecule has 0 radical (unpaired) electrons. The molecular weight excluding hydrogens is 354 g/mol. The summed E-state index contributed by atoms with van der Waals surface area (Å²) in [4.78, 5) is 30.1. The van der Waals surface area contributed by atoms with Crippen molar-refractivity contribution >= 4 is 22.6 Å². The highest BCUT2D eigenvalue weighted by Gasteiger charge is 2.17. The van der Waals surface area contributed by atoms with Crippen molar-refractivity contribution in [2.45, 2.75) is 6.42 Å². The van der Waals surface area contributed by atoms with Crippen LogP contribution in [-0.2, 0) is 16.0 Å². The van der Waals surface area contributed by atoms with Crippen LogP contribution in [0.1, 0.15) is 15.9 Å². The number of carbonyl (C=O) groups is 2. The van der Waals surface area contributed by atoms with E-state index < -0.39 is 5.91 Å². The Morgan fingerprint density at radius 3 is 2.50 bits per heavy atom. The van der Waals surface area contributed by atoms with Gasteiger partial charge in [0.25, 0.3) is 0 Å². The van der Waals surface area contributed by atoms with Gasteiger partial charge in [-0.25, -0.2) is 0 Å². The van der Waals surface area contributed by atoms with E-state index in [0.29, 0.717) is 38.3 Å². The van der Waals surface area contributed by atoms with Gasteiger partial charge in [-0.1, -0.05) is 30.3 Å². The van der Waals surface area contributed by atoms with Crippen molar-refractivity contribution in [1.82, 2.24) is 9.88 Å². The molecule has 0 atom stereocenters. The van der Waals surface area contributed by atoms with Crippen molar-refractivity contribution < 1.29 is 14.3 Å². The zero-order valence-corrected chi connectivity index (χ0v) is 15.4. The first-order chi connectivity index (χ1) is 13.6. The summed E-state index contributed by atoms with van der Waals surface area (Å²) < 4.78 is 5.29. The molecule has 0 bridgehead atoms. The number of benzene rings is 2. The van der Waals surface area contributed by atoms with Crippen LogP contribution >= 0.6 is 0 Å².